The Morgan fingerprint density at radius 3 is 2.59 bits per heavy atom. The van der Waals surface area contributed by atoms with Gasteiger partial charge in [-0.2, -0.15) is 9.50 Å². The van der Waals surface area contributed by atoms with Gasteiger partial charge in [-0.05, 0) is 49.6 Å². The smallest absolute Gasteiger partial charge is 0.321 e. The number of benzene rings is 1. The number of anilines is 1. The summed E-state index contributed by atoms with van der Waals surface area (Å²) in [7, 11) is 1.63. The Morgan fingerprint density at radius 1 is 1.14 bits per heavy atom. The highest BCUT2D eigenvalue weighted by atomic mass is 16.5. The van der Waals surface area contributed by atoms with Crippen molar-refractivity contribution in [1.82, 2.24) is 24.9 Å². The lowest BCUT2D eigenvalue weighted by Crippen LogP contribution is -2.36. The van der Waals surface area contributed by atoms with Gasteiger partial charge in [-0.1, -0.05) is 26.7 Å². The molecule has 0 spiro atoms. The van der Waals surface area contributed by atoms with E-state index in [1.165, 1.54) is 0 Å². The molecule has 8 heteroatoms. The number of amides is 2. The molecule has 2 aromatic heterocycles. The second-order valence-corrected chi connectivity index (χ2v) is 7.53. The summed E-state index contributed by atoms with van der Waals surface area (Å²) in [5.74, 6) is 2.08. The molecule has 0 radical (unpaired) electrons. The summed E-state index contributed by atoms with van der Waals surface area (Å²) in [6.07, 6.45) is 4.85. The zero-order chi connectivity index (χ0) is 20.8. The lowest BCUT2D eigenvalue weighted by atomic mass is 10.0. The second kappa shape index (κ2) is 9.36. The molecule has 0 aliphatic carbocycles. The monoisotopic (exact) mass is 396 g/mol. The molecule has 1 aromatic carbocycles. The number of nitrogens with zero attached hydrogens (tertiary/aromatic N) is 4. The number of carbonyl (C=O) groups is 1. The fraction of sp³-hybridized carbons (Fsp3) is 0.429. The highest BCUT2D eigenvalue weighted by Gasteiger charge is 2.13. The Bertz CT molecular complexity index is 951. The van der Waals surface area contributed by atoms with Crippen molar-refractivity contribution in [3.63, 3.8) is 0 Å². The SMILES string of the molecule is COc1ccc(-c2ccnc3nc(NC(=O)N[C@@H](C)CCCC(C)C)nn23)cc1. The largest absolute Gasteiger partial charge is 0.497 e. The molecule has 154 valence electrons. The maximum Gasteiger partial charge on any atom is 0.321 e. The molecule has 0 aliphatic heterocycles. The summed E-state index contributed by atoms with van der Waals surface area (Å²) >= 11 is 0. The first-order chi connectivity index (χ1) is 14.0. The Balaban J connectivity index is 1.69. The number of rotatable bonds is 8. The minimum absolute atomic E-state index is 0.0822. The zero-order valence-electron chi connectivity index (χ0n) is 17.3. The van der Waals surface area contributed by atoms with Crippen LogP contribution in [0.25, 0.3) is 17.0 Å². The van der Waals surface area contributed by atoms with E-state index in [0.717, 1.165) is 36.3 Å². The molecule has 0 unspecified atom stereocenters. The minimum atomic E-state index is -0.316. The molecule has 3 rings (SSSR count). The van der Waals surface area contributed by atoms with Gasteiger partial charge in [0.2, 0.25) is 0 Å². The molecule has 2 amide bonds. The van der Waals surface area contributed by atoms with Gasteiger partial charge in [-0.25, -0.2) is 9.78 Å². The molecule has 8 nitrogen and oxygen atoms in total. The van der Waals surface area contributed by atoms with Crippen molar-refractivity contribution in [1.29, 1.82) is 0 Å². The number of nitrogens with one attached hydrogen (secondary N) is 2. The normalized spacial score (nSPS) is 12.2. The molecule has 1 atom stereocenters. The summed E-state index contributed by atoms with van der Waals surface area (Å²) in [6, 6.07) is 9.26. The first kappa shape index (κ1) is 20.6. The molecule has 2 N–H and O–H groups in total. The number of methoxy groups -OCH3 is 1. The Hall–Kier alpha value is -3.16. The summed E-state index contributed by atoms with van der Waals surface area (Å²) in [6.45, 7) is 6.41. The minimum Gasteiger partial charge on any atom is -0.497 e. The number of urea groups is 1. The van der Waals surface area contributed by atoms with Crippen molar-refractivity contribution in [2.75, 3.05) is 12.4 Å². The predicted molar refractivity (Wildman–Crippen MR) is 113 cm³/mol. The molecular weight excluding hydrogens is 368 g/mol. The molecule has 0 saturated carbocycles. The third-order valence-electron chi connectivity index (χ3n) is 4.65. The molecule has 2 heterocycles. The van der Waals surface area contributed by atoms with Gasteiger partial charge in [0.1, 0.15) is 5.75 Å². The Labute approximate surface area is 170 Å². The molecule has 3 aromatic rings. The van der Waals surface area contributed by atoms with Gasteiger partial charge in [0.15, 0.2) is 0 Å². The fourth-order valence-electron chi connectivity index (χ4n) is 3.09. The first-order valence-corrected chi connectivity index (χ1v) is 9.90. The maximum atomic E-state index is 12.3. The average Bonchev–Trinajstić information content (AvgIpc) is 3.09. The van der Waals surface area contributed by atoms with E-state index in [4.69, 9.17) is 4.74 Å². The van der Waals surface area contributed by atoms with Crippen molar-refractivity contribution in [2.45, 2.75) is 46.1 Å². The topological polar surface area (TPSA) is 93.4 Å². The van der Waals surface area contributed by atoms with Crippen LogP contribution in [0.3, 0.4) is 0 Å². The van der Waals surface area contributed by atoms with Crippen LogP contribution in [0.2, 0.25) is 0 Å². The van der Waals surface area contributed by atoms with Crippen molar-refractivity contribution in [3.05, 3.63) is 36.5 Å². The Kier molecular flexibility index (Phi) is 6.64. The third kappa shape index (κ3) is 5.43. The lowest BCUT2D eigenvalue weighted by molar-refractivity contribution is 0.248. The van der Waals surface area contributed by atoms with E-state index in [1.54, 1.807) is 17.8 Å². The second-order valence-electron chi connectivity index (χ2n) is 7.53. The van der Waals surface area contributed by atoms with Gasteiger partial charge in [0.25, 0.3) is 11.7 Å². The van der Waals surface area contributed by atoms with Gasteiger partial charge < -0.3 is 10.1 Å². The number of fused-ring (bicyclic) bond motifs is 1. The van der Waals surface area contributed by atoms with Crippen LogP contribution in [0.5, 0.6) is 5.75 Å². The molecule has 0 saturated heterocycles. The van der Waals surface area contributed by atoms with Crippen molar-refractivity contribution >= 4 is 17.8 Å². The van der Waals surface area contributed by atoms with E-state index in [1.807, 2.05) is 37.3 Å². The molecule has 29 heavy (non-hydrogen) atoms. The van der Waals surface area contributed by atoms with E-state index in [-0.39, 0.29) is 18.0 Å². The van der Waals surface area contributed by atoms with Crippen molar-refractivity contribution in [3.8, 4) is 17.0 Å². The van der Waals surface area contributed by atoms with Crippen LogP contribution in [-0.2, 0) is 0 Å². The maximum absolute atomic E-state index is 12.3. The van der Waals surface area contributed by atoms with Crippen LogP contribution in [0.1, 0.15) is 40.0 Å². The highest BCUT2D eigenvalue weighted by molar-refractivity contribution is 5.87. The van der Waals surface area contributed by atoms with Gasteiger partial charge >= 0.3 is 6.03 Å². The van der Waals surface area contributed by atoms with E-state index in [9.17, 15) is 4.79 Å². The summed E-state index contributed by atoms with van der Waals surface area (Å²) in [5, 5.41) is 10.0. The average molecular weight is 396 g/mol. The Morgan fingerprint density at radius 2 is 1.90 bits per heavy atom. The van der Waals surface area contributed by atoms with E-state index in [2.05, 4.69) is 39.5 Å². The zero-order valence-corrected chi connectivity index (χ0v) is 17.3. The standard InChI is InChI=1S/C21H28N6O2/c1-14(2)6-5-7-15(3)23-21(28)25-19-24-20-22-13-12-18(27(20)26-19)16-8-10-17(29-4)11-9-16/h8-15H,5-7H2,1-4H3,(H2,23,25,26,28)/t15-/m0/s1. The number of ether oxygens (including phenoxy) is 1. The predicted octanol–water partition coefficient (Wildman–Crippen LogP) is 4.14. The van der Waals surface area contributed by atoms with Crippen LogP contribution in [0.15, 0.2) is 36.5 Å². The van der Waals surface area contributed by atoms with Gasteiger partial charge in [0, 0.05) is 17.8 Å². The van der Waals surface area contributed by atoms with Crippen LogP contribution in [0.4, 0.5) is 10.7 Å². The van der Waals surface area contributed by atoms with E-state index < -0.39 is 0 Å². The summed E-state index contributed by atoms with van der Waals surface area (Å²) in [4.78, 5) is 20.8. The quantitative estimate of drug-likeness (QED) is 0.597. The third-order valence-corrected chi connectivity index (χ3v) is 4.65. The number of hydrogen-bond donors (Lipinski definition) is 2. The number of carbonyl (C=O) groups excluding carboxylic acids is 1. The first-order valence-electron chi connectivity index (χ1n) is 9.90. The molecular formula is C21H28N6O2. The van der Waals surface area contributed by atoms with Crippen molar-refractivity contribution in [2.24, 2.45) is 5.92 Å². The number of aromatic nitrogens is 4. The van der Waals surface area contributed by atoms with E-state index >= 15 is 0 Å². The van der Waals surface area contributed by atoms with Crippen LogP contribution in [-0.4, -0.2) is 38.8 Å². The van der Waals surface area contributed by atoms with E-state index in [0.29, 0.717) is 11.7 Å². The van der Waals surface area contributed by atoms with Gasteiger partial charge in [-0.15, -0.1) is 5.10 Å². The number of hydrogen-bond acceptors (Lipinski definition) is 5. The fourth-order valence-corrected chi connectivity index (χ4v) is 3.09. The highest BCUT2D eigenvalue weighted by Crippen LogP contribution is 2.22. The van der Waals surface area contributed by atoms with Gasteiger partial charge in [-0.3, -0.25) is 5.32 Å². The lowest BCUT2D eigenvalue weighted by Gasteiger charge is -2.14. The molecule has 0 fully saturated rings. The molecule has 0 aliphatic rings. The summed E-state index contributed by atoms with van der Waals surface area (Å²) < 4.78 is 6.82. The van der Waals surface area contributed by atoms with Crippen LogP contribution in [0, 0.1) is 5.92 Å². The summed E-state index contributed by atoms with van der Waals surface area (Å²) in [5.41, 5.74) is 1.76. The van der Waals surface area contributed by atoms with Gasteiger partial charge in [0.05, 0.1) is 12.8 Å². The van der Waals surface area contributed by atoms with Crippen LogP contribution < -0.4 is 15.4 Å². The molecule has 0 bridgehead atoms. The van der Waals surface area contributed by atoms with Crippen LogP contribution >= 0.6 is 0 Å². The van der Waals surface area contributed by atoms with Crippen molar-refractivity contribution < 1.29 is 9.53 Å².